The highest BCUT2D eigenvalue weighted by molar-refractivity contribution is 7.47. The maximum absolute atomic E-state index is 15.2. The van der Waals surface area contributed by atoms with Gasteiger partial charge >= 0.3 is 7.82 Å². The molecule has 746 valence electrons. The van der Waals surface area contributed by atoms with Gasteiger partial charge in [-0.1, -0.05) is 40.1 Å². The summed E-state index contributed by atoms with van der Waals surface area (Å²) in [4.78, 5) is 77.6. The summed E-state index contributed by atoms with van der Waals surface area (Å²) in [6.45, 7) is 5.36. The number of nitrogens with one attached hydrogen (secondary N) is 5. The summed E-state index contributed by atoms with van der Waals surface area (Å²) < 4.78 is 102. The molecule has 3 aromatic heterocycles. The van der Waals surface area contributed by atoms with E-state index >= 15 is 4.79 Å². The van der Waals surface area contributed by atoms with Gasteiger partial charge in [0, 0.05) is 85.4 Å². The number of carbonyl (C=O) groups excluding carboxylic acids is 5. The Bertz CT molecular complexity index is 3810. The van der Waals surface area contributed by atoms with Crippen LogP contribution in [0, 0.1) is 0 Å². The second-order valence-electron chi connectivity index (χ2n) is 32.2. The molecule has 0 aliphatic carbocycles. The Morgan fingerprint density at radius 2 is 0.878 bits per heavy atom. The number of unbranched alkanes of at least 4 members (excludes halogenated alkanes) is 4. The third-order valence-electron chi connectivity index (χ3n) is 21.9. The fraction of sp³-hybridized carbons (Fsp3) is 0.855. The van der Waals surface area contributed by atoms with Crippen molar-refractivity contribution in [1.82, 2.24) is 86.4 Å². The van der Waals surface area contributed by atoms with Gasteiger partial charge in [-0.25, -0.2) is 18.6 Å². The minimum absolute atomic E-state index is 0.00126. The average molecular weight is 1900 g/mol. The van der Waals surface area contributed by atoms with Crippen LogP contribution in [-0.2, 0) is 138 Å². The monoisotopic (exact) mass is 1900 g/mol. The minimum Gasteiger partial charge on any atom is -0.394 e. The summed E-state index contributed by atoms with van der Waals surface area (Å²) in [5, 5.41) is 185. The van der Waals surface area contributed by atoms with Crippen molar-refractivity contribution in [3.05, 3.63) is 35.7 Å². The average Bonchev–Trinajstić information content (AvgIpc) is 1.53. The van der Waals surface area contributed by atoms with Gasteiger partial charge in [-0.3, -0.25) is 47.8 Å². The molecule has 0 spiro atoms. The molecule has 55 heteroatoms. The van der Waals surface area contributed by atoms with E-state index in [2.05, 4.69) is 72.8 Å². The number of nitrogens with zero attached hydrogens (tertiary/aromatic N) is 14. The highest BCUT2D eigenvalue weighted by atomic mass is 31.2. The third-order valence-corrected chi connectivity index (χ3v) is 22.9. The van der Waals surface area contributed by atoms with Gasteiger partial charge in [0.1, 0.15) is 110 Å². The number of hydrogen-bond donors (Lipinski definition) is 19. The molecule has 6 aliphatic rings. The lowest BCUT2D eigenvalue weighted by molar-refractivity contribution is -0.272. The Balaban J connectivity index is 0.882. The molecule has 9 rings (SSSR count). The summed E-state index contributed by atoms with van der Waals surface area (Å²) in [6.07, 6.45) is -15.6. The first-order chi connectivity index (χ1) is 62.9. The number of phosphoric acid groups is 1. The SMILES string of the molecule is CC(=O)N[C@H]1[C@H](OCCOCCN2CC(CN(CCCC[C@@H](C(=O)NCCCCCCOP(=O)(O)OC3CCO[C@@H]3O)N(Cc3cn(CCOCCO[C@@H]4O[C@H](CO)[C@H](O)[C@H](O)[C@H]4NC(C)=O)nn3)Cc3cn(CCOCCO[C@@H]4O[C@H](CO)[C@H](O)[C@H](O)[C@H]4NC(C)=O)nn3)Cc3cn(CCOCCO[C@@H]4O[C@H](CO)[C@H](O)[C@H](O)[C@H]4NC(C)=O)nn3)N=N2)O[C@H](CO)[C@H](O)[C@@H]1O. The molecule has 0 aromatic carbocycles. The van der Waals surface area contributed by atoms with E-state index in [-0.39, 0.29) is 163 Å². The summed E-state index contributed by atoms with van der Waals surface area (Å²) in [6, 6.07) is -5.86. The molecule has 5 amide bonds. The Kier molecular flexibility index (Phi) is 46.1. The molecule has 54 nitrogen and oxygen atoms in total. The molecular formula is C76H132N19O35P. The third kappa shape index (κ3) is 35.0. The smallest absolute Gasteiger partial charge is 0.394 e. The number of rotatable bonds is 61. The van der Waals surface area contributed by atoms with Crippen LogP contribution in [-0.4, -0.2) is 459 Å². The van der Waals surface area contributed by atoms with Gasteiger partial charge in [0.2, 0.25) is 29.5 Å². The van der Waals surface area contributed by atoms with Gasteiger partial charge in [-0.05, 0) is 32.2 Å². The molecule has 19 N–H and O–H groups in total. The molecule has 0 radical (unpaired) electrons. The zero-order valence-electron chi connectivity index (χ0n) is 73.8. The van der Waals surface area contributed by atoms with Crippen molar-refractivity contribution in [2.45, 2.75) is 265 Å². The fourth-order valence-electron chi connectivity index (χ4n) is 15.2. The first-order valence-corrected chi connectivity index (χ1v) is 45.3. The lowest BCUT2D eigenvalue weighted by Crippen LogP contribution is -2.64. The van der Waals surface area contributed by atoms with Crippen LogP contribution in [0.25, 0.3) is 0 Å². The molecule has 6 aliphatic heterocycles. The Labute approximate surface area is 754 Å². The van der Waals surface area contributed by atoms with Crippen molar-refractivity contribution >= 4 is 37.4 Å². The molecule has 25 atom stereocenters. The van der Waals surface area contributed by atoms with E-state index in [1.54, 1.807) is 37.6 Å². The molecule has 3 aromatic rings. The quantitative estimate of drug-likeness (QED) is 0.0184. The summed E-state index contributed by atoms with van der Waals surface area (Å²) >= 11 is 0. The summed E-state index contributed by atoms with van der Waals surface area (Å²) in [5.74, 6) is -2.41. The van der Waals surface area contributed by atoms with Crippen LogP contribution >= 0.6 is 7.82 Å². The lowest BCUT2D eigenvalue weighted by Gasteiger charge is -2.42. The van der Waals surface area contributed by atoms with E-state index in [4.69, 9.17) is 70.6 Å². The van der Waals surface area contributed by atoms with Crippen LogP contribution in [0.2, 0.25) is 0 Å². The Morgan fingerprint density at radius 1 is 0.489 bits per heavy atom. The largest absolute Gasteiger partial charge is 0.472 e. The summed E-state index contributed by atoms with van der Waals surface area (Å²) in [5.41, 5.74) is 1.46. The van der Waals surface area contributed by atoms with Gasteiger partial charge in [0.15, 0.2) is 31.5 Å². The van der Waals surface area contributed by atoms with Gasteiger partial charge in [-0.15, -0.1) is 15.3 Å². The maximum atomic E-state index is 15.2. The molecule has 131 heavy (non-hydrogen) atoms. The van der Waals surface area contributed by atoms with E-state index in [1.807, 2.05) is 4.90 Å². The summed E-state index contributed by atoms with van der Waals surface area (Å²) in [7, 11) is -4.52. The molecule has 5 saturated heterocycles. The van der Waals surface area contributed by atoms with Crippen molar-refractivity contribution in [2.24, 2.45) is 10.3 Å². The van der Waals surface area contributed by atoms with Crippen LogP contribution in [0.1, 0.15) is 96.1 Å². The second kappa shape index (κ2) is 56.0. The van der Waals surface area contributed by atoms with E-state index in [0.717, 1.165) is 0 Å². The lowest BCUT2D eigenvalue weighted by atomic mass is 9.97. The molecular weight excluding hydrogens is 1770 g/mol. The van der Waals surface area contributed by atoms with Crippen molar-refractivity contribution < 1.29 is 170 Å². The maximum Gasteiger partial charge on any atom is 0.472 e. The number of amides is 5. The predicted octanol–water partition coefficient (Wildman–Crippen LogP) is -9.62. The topological polar surface area (TPSA) is 711 Å². The van der Waals surface area contributed by atoms with Crippen LogP contribution in [0.15, 0.2) is 28.9 Å². The van der Waals surface area contributed by atoms with Crippen molar-refractivity contribution in [3.8, 4) is 0 Å². The number of carbonyl (C=O) groups is 5. The fourth-order valence-corrected chi connectivity index (χ4v) is 16.2. The van der Waals surface area contributed by atoms with Crippen molar-refractivity contribution in [2.75, 3.05) is 152 Å². The second-order valence-corrected chi connectivity index (χ2v) is 33.6. The van der Waals surface area contributed by atoms with E-state index < -0.39 is 199 Å². The molecule has 0 saturated carbocycles. The van der Waals surface area contributed by atoms with E-state index in [1.165, 1.54) is 27.7 Å². The number of ether oxygens (including phenoxy) is 13. The van der Waals surface area contributed by atoms with Gasteiger partial charge in [0.25, 0.3) is 0 Å². The number of aliphatic hydroxyl groups excluding tert-OH is 13. The number of phosphoric ester groups is 1. The van der Waals surface area contributed by atoms with Crippen molar-refractivity contribution in [3.63, 3.8) is 0 Å². The van der Waals surface area contributed by atoms with Crippen LogP contribution < -0.4 is 26.6 Å². The highest BCUT2D eigenvalue weighted by Crippen LogP contribution is 2.46. The molecule has 3 unspecified atom stereocenters. The predicted molar refractivity (Wildman–Crippen MR) is 440 cm³/mol. The zero-order valence-corrected chi connectivity index (χ0v) is 74.7. The molecule has 9 heterocycles. The zero-order chi connectivity index (χ0) is 94.5. The first kappa shape index (κ1) is 108. The van der Waals surface area contributed by atoms with Gasteiger partial charge in [-0.2, -0.15) is 5.11 Å². The number of aliphatic hydroxyl groups is 13. The number of aromatic nitrogens is 9. The first-order valence-electron chi connectivity index (χ1n) is 43.8. The van der Waals surface area contributed by atoms with Crippen molar-refractivity contribution in [1.29, 1.82) is 0 Å². The van der Waals surface area contributed by atoms with Crippen LogP contribution in [0.4, 0.5) is 0 Å². The van der Waals surface area contributed by atoms with Gasteiger partial charge < -0.3 is 159 Å². The standard InChI is InChI=1S/C76H132N19O35P/c1-45(100)78-59-67(108)63(104)55(41-96)126-73(59)121-29-25-116-21-15-92-37-49(82-86-92)33-90(34-50-38-93(87-83-50)16-22-117-26-30-122-74-60(79-46(2)101)68(109)64(105)56(42-97)127-74)14-9-7-11-53(71(112)77-13-8-5-6-10-19-125-131(114,115)130-54-12-20-120-72(54)113)91(35-51-39-94(88-84-51)17-23-118-27-31-123-75-61(80-47(3)102)69(110)65(106)57(43-98)128-75)36-52-40-95(89-85-52)18-24-119-28-32-124-76-62(81-48(4)103)70(111)66(107)58(44-99)129-76/h37,39-40,50,53-70,72-76,96-99,104-111,113H,5-36,38,41-44H2,1-4H3,(H,77,112)(H,78,100)(H,79,101)(H,80,102)(H,81,103)(H,114,115)/t50?,53-,54?,55+,56+,57+,58+,59+,60+,61+,62+,63-,64-,65-,66-,67+,68+,69+,70+,72-,73+,74+,75+,76+/m0/s1. The van der Waals surface area contributed by atoms with Crippen LogP contribution in [0.3, 0.4) is 0 Å². The van der Waals surface area contributed by atoms with Gasteiger partial charge in [0.05, 0.1) is 175 Å². The Morgan fingerprint density at radius 3 is 1.26 bits per heavy atom. The minimum atomic E-state index is -4.52. The highest BCUT2D eigenvalue weighted by Gasteiger charge is 2.50. The van der Waals surface area contributed by atoms with Crippen LogP contribution in [0.5, 0.6) is 0 Å². The van der Waals surface area contributed by atoms with E-state index in [9.17, 15) is 95.0 Å². The van der Waals surface area contributed by atoms with E-state index in [0.29, 0.717) is 81.8 Å². The molecule has 5 fully saturated rings. The Hall–Kier alpha value is -6.84. The molecule has 0 bridgehead atoms. The number of hydrogen-bond acceptors (Lipinski definition) is 45. The normalized spacial score (nSPS) is 29.4.